The summed E-state index contributed by atoms with van der Waals surface area (Å²) in [6, 6.07) is 0. The van der Waals surface area contributed by atoms with E-state index in [1.165, 1.54) is 11.1 Å². The van der Waals surface area contributed by atoms with Crippen molar-refractivity contribution in [1.82, 2.24) is 0 Å². The molecular weight excluding hydrogens is 136 g/mol. The number of hydrogen-bond donors (Lipinski definition) is 1. The zero-order valence-corrected chi connectivity index (χ0v) is 7.72. The highest BCUT2D eigenvalue weighted by atomic mass is 16.3. The summed E-state index contributed by atoms with van der Waals surface area (Å²) in [7, 11) is 0. The molecule has 0 radical (unpaired) electrons. The highest BCUT2D eigenvalue weighted by Gasteiger charge is 1.98. The smallest absolute Gasteiger partial charge is 0.0721 e. The van der Waals surface area contributed by atoms with E-state index < -0.39 is 0 Å². The first-order valence-electron chi connectivity index (χ1n) is 4.01. The van der Waals surface area contributed by atoms with Crippen molar-refractivity contribution >= 4 is 0 Å². The molecule has 0 saturated carbocycles. The second kappa shape index (κ2) is 5.14. The third-order valence-corrected chi connectivity index (χ3v) is 1.94. The summed E-state index contributed by atoms with van der Waals surface area (Å²) in [6.45, 7) is 9.81. The minimum atomic E-state index is -0.343. The summed E-state index contributed by atoms with van der Waals surface area (Å²) in [6.07, 6.45) is 3.00. The van der Waals surface area contributed by atoms with Gasteiger partial charge in [-0.1, -0.05) is 17.2 Å². The predicted molar refractivity (Wildman–Crippen MR) is 49.5 cm³/mol. The maximum Gasteiger partial charge on any atom is 0.0721 e. The van der Waals surface area contributed by atoms with Gasteiger partial charge in [-0.3, -0.25) is 0 Å². The van der Waals surface area contributed by atoms with Crippen LogP contribution in [-0.4, -0.2) is 11.2 Å². The van der Waals surface area contributed by atoms with Gasteiger partial charge in [0.15, 0.2) is 0 Å². The number of allylic oxidation sites excluding steroid dienone is 2. The van der Waals surface area contributed by atoms with Crippen molar-refractivity contribution < 1.29 is 5.11 Å². The minimum Gasteiger partial charge on any atom is -0.389 e. The molecule has 0 aromatic rings. The van der Waals surface area contributed by atoms with Crippen LogP contribution in [0.1, 0.15) is 33.6 Å². The fourth-order valence-electron chi connectivity index (χ4n) is 0.732. The van der Waals surface area contributed by atoms with Crippen molar-refractivity contribution in [2.24, 2.45) is 0 Å². The number of aliphatic hydroxyl groups excluding tert-OH is 1. The Morgan fingerprint density at radius 3 is 2.36 bits per heavy atom. The summed E-state index contributed by atoms with van der Waals surface area (Å²) in [5.41, 5.74) is 2.71. The van der Waals surface area contributed by atoms with Crippen LogP contribution >= 0.6 is 0 Å². The van der Waals surface area contributed by atoms with Crippen LogP contribution in [0.2, 0.25) is 0 Å². The van der Waals surface area contributed by atoms with Gasteiger partial charge in [0.2, 0.25) is 0 Å². The Morgan fingerprint density at radius 1 is 1.45 bits per heavy atom. The van der Waals surface area contributed by atoms with E-state index in [1.807, 2.05) is 0 Å². The van der Waals surface area contributed by atoms with Crippen LogP contribution in [0.25, 0.3) is 0 Å². The fourth-order valence-corrected chi connectivity index (χ4v) is 0.732. The molecule has 0 aliphatic heterocycles. The molecule has 0 bridgehead atoms. The van der Waals surface area contributed by atoms with Crippen LogP contribution in [-0.2, 0) is 0 Å². The number of hydrogen-bond acceptors (Lipinski definition) is 1. The third kappa shape index (κ3) is 4.79. The minimum absolute atomic E-state index is 0.343. The lowest BCUT2D eigenvalue weighted by Crippen LogP contribution is -2.01. The quantitative estimate of drug-likeness (QED) is 0.617. The van der Waals surface area contributed by atoms with Gasteiger partial charge in [-0.25, -0.2) is 0 Å². The Kier molecular flexibility index (Phi) is 4.88. The number of rotatable bonds is 4. The molecule has 0 amide bonds. The molecule has 1 atom stereocenters. The molecule has 1 heteroatoms. The predicted octanol–water partition coefficient (Wildman–Crippen LogP) is 2.67. The molecule has 0 spiro atoms. The maximum atomic E-state index is 9.15. The molecule has 1 nitrogen and oxygen atoms in total. The summed E-state index contributed by atoms with van der Waals surface area (Å²) >= 11 is 0. The molecule has 0 fully saturated rings. The summed E-state index contributed by atoms with van der Waals surface area (Å²) < 4.78 is 0. The van der Waals surface area contributed by atoms with Gasteiger partial charge in [0, 0.05) is 0 Å². The highest BCUT2D eigenvalue weighted by Crippen LogP contribution is 2.11. The van der Waals surface area contributed by atoms with Crippen molar-refractivity contribution in [2.75, 3.05) is 0 Å². The normalized spacial score (nSPS) is 12.4. The van der Waals surface area contributed by atoms with Crippen molar-refractivity contribution in [2.45, 2.75) is 39.7 Å². The molecule has 1 N–H and O–H groups in total. The Hall–Kier alpha value is -0.560. The first kappa shape index (κ1) is 10.4. The van der Waals surface area contributed by atoms with Crippen LogP contribution in [0.4, 0.5) is 0 Å². The second-order valence-electron chi connectivity index (χ2n) is 3.12. The fraction of sp³-hybridized carbons (Fsp3) is 0.600. The molecule has 0 aliphatic carbocycles. The summed E-state index contributed by atoms with van der Waals surface area (Å²) in [5, 5.41) is 9.15. The molecule has 0 aromatic carbocycles. The van der Waals surface area contributed by atoms with Crippen molar-refractivity contribution in [3.8, 4) is 0 Å². The zero-order valence-electron chi connectivity index (χ0n) is 7.72. The van der Waals surface area contributed by atoms with E-state index in [4.69, 9.17) is 5.11 Å². The van der Waals surface area contributed by atoms with Crippen molar-refractivity contribution in [1.29, 1.82) is 0 Å². The first-order valence-corrected chi connectivity index (χ1v) is 4.01. The SMILES string of the molecule is C=CC(O)CCC(C)=C(C)C. The van der Waals surface area contributed by atoms with E-state index in [-0.39, 0.29) is 6.10 Å². The van der Waals surface area contributed by atoms with Crippen molar-refractivity contribution in [3.05, 3.63) is 23.8 Å². The monoisotopic (exact) mass is 154 g/mol. The molecular formula is C10H18O. The molecule has 0 saturated heterocycles. The average molecular weight is 154 g/mol. The van der Waals surface area contributed by atoms with Crippen LogP contribution < -0.4 is 0 Å². The average Bonchev–Trinajstić information content (AvgIpc) is 1.99. The second-order valence-corrected chi connectivity index (χ2v) is 3.12. The lowest BCUT2D eigenvalue weighted by molar-refractivity contribution is 0.213. The summed E-state index contributed by atoms with van der Waals surface area (Å²) in [4.78, 5) is 0. The van der Waals surface area contributed by atoms with E-state index >= 15 is 0 Å². The molecule has 0 heterocycles. The Labute approximate surface area is 69.4 Å². The lowest BCUT2D eigenvalue weighted by atomic mass is 10.0. The van der Waals surface area contributed by atoms with Crippen molar-refractivity contribution in [3.63, 3.8) is 0 Å². The zero-order chi connectivity index (χ0) is 8.85. The van der Waals surface area contributed by atoms with Crippen LogP contribution in [0.5, 0.6) is 0 Å². The lowest BCUT2D eigenvalue weighted by Gasteiger charge is -2.06. The van der Waals surface area contributed by atoms with Gasteiger partial charge < -0.3 is 5.11 Å². The molecule has 0 rings (SSSR count). The standard InChI is InChI=1S/C10H18O/c1-5-10(11)7-6-9(4)8(2)3/h5,10-11H,1,6-7H2,2-4H3. The van der Waals surface area contributed by atoms with Crippen LogP contribution in [0, 0.1) is 0 Å². The maximum absolute atomic E-state index is 9.15. The third-order valence-electron chi connectivity index (χ3n) is 1.94. The molecule has 64 valence electrons. The Morgan fingerprint density at radius 2 is 2.00 bits per heavy atom. The van der Waals surface area contributed by atoms with E-state index in [9.17, 15) is 0 Å². The largest absolute Gasteiger partial charge is 0.389 e. The highest BCUT2D eigenvalue weighted by molar-refractivity contribution is 5.06. The van der Waals surface area contributed by atoms with Gasteiger partial charge >= 0.3 is 0 Å². The Balaban J connectivity index is 3.71. The van der Waals surface area contributed by atoms with E-state index in [2.05, 4.69) is 27.4 Å². The first-order chi connectivity index (χ1) is 5.07. The molecule has 0 aromatic heterocycles. The van der Waals surface area contributed by atoms with Gasteiger partial charge in [0.05, 0.1) is 6.10 Å². The van der Waals surface area contributed by atoms with E-state index in [0.717, 1.165) is 12.8 Å². The van der Waals surface area contributed by atoms with Crippen LogP contribution in [0.15, 0.2) is 23.8 Å². The van der Waals surface area contributed by atoms with E-state index in [1.54, 1.807) is 6.08 Å². The molecule has 11 heavy (non-hydrogen) atoms. The van der Waals surface area contributed by atoms with Gasteiger partial charge in [-0.15, -0.1) is 6.58 Å². The topological polar surface area (TPSA) is 20.2 Å². The molecule has 1 unspecified atom stereocenters. The Bertz CT molecular complexity index is 152. The van der Waals surface area contributed by atoms with Gasteiger partial charge in [0.25, 0.3) is 0 Å². The van der Waals surface area contributed by atoms with Gasteiger partial charge in [-0.2, -0.15) is 0 Å². The molecule has 0 aliphatic rings. The van der Waals surface area contributed by atoms with Gasteiger partial charge in [-0.05, 0) is 33.6 Å². The summed E-state index contributed by atoms with van der Waals surface area (Å²) in [5.74, 6) is 0. The van der Waals surface area contributed by atoms with Gasteiger partial charge in [0.1, 0.15) is 0 Å². The van der Waals surface area contributed by atoms with Crippen LogP contribution in [0.3, 0.4) is 0 Å². The van der Waals surface area contributed by atoms with E-state index in [0.29, 0.717) is 0 Å². The number of aliphatic hydroxyl groups is 1.